The maximum absolute atomic E-state index is 12.9. The fourth-order valence-corrected chi connectivity index (χ4v) is 4.82. The quantitative estimate of drug-likeness (QED) is 0.671. The molecular weight excluding hydrogens is 416 g/mol. The smallest absolute Gasteiger partial charge is 0.255 e. The SMILES string of the molecule is CCN(CC)S(=O)(=O)c1cc(C(=O)Nc2cc(Cl)c(OC)cc2OC)ccc1C. The van der Waals surface area contributed by atoms with Crippen LogP contribution in [0.3, 0.4) is 0 Å². The number of halogens is 1. The number of amides is 1. The van der Waals surface area contributed by atoms with Crippen LogP contribution in [0.1, 0.15) is 29.8 Å². The van der Waals surface area contributed by atoms with E-state index in [1.165, 1.54) is 30.7 Å². The van der Waals surface area contributed by atoms with Crippen LogP contribution in [0.5, 0.6) is 11.5 Å². The van der Waals surface area contributed by atoms with Crippen molar-refractivity contribution in [1.82, 2.24) is 4.31 Å². The fraction of sp³-hybridized carbons (Fsp3) is 0.350. The second-order valence-electron chi connectivity index (χ2n) is 6.21. The maximum Gasteiger partial charge on any atom is 0.255 e. The van der Waals surface area contributed by atoms with Crippen molar-refractivity contribution in [2.24, 2.45) is 0 Å². The van der Waals surface area contributed by atoms with Gasteiger partial charge in [-0.2, -0.15) is 4.31 Å². The van der Waals surface area contributed by atoms with E-state index < -0.39 is 15.9 Å². The second-order valence-corrected chi connectivity index (χ2v) is 8.52. The lowest BCUT2D eigenvalue weighted by atomic mass is 10.1. The summed E-state index contributed by atoms with van der Waals surface area (Å²) in [5.74, 6) is 0.285. The summed E-state index contributed by atoms with van der Waals surface area (Å²) in [5, 5.41) is 3.02. The highest BCUT2D eigenvalue weighted by atomic mass is 35.5. The number of carbonyl (C=O) groups is 1. The van der Waals surface area contributed by atoms with Crippen LogP contribution in [0, 0.1) is 6.92 Å². The molecule has 0 saturated heterocycles. The standard InChI is InChI=1S/C20H25ClN2O5S/c1-6-23(7-2)29(25,26)19-10-14(9-8-13(19)3)20(24)22-16-11-15(21)17(27-4)12-18(16)28-5/h8-12H,6-7H2,1-5H3,(H,22,24). The van der Waals surface area contributed by atoms with Gasteiger partial charge in [-0.15, -0.1) is 0 Å². The molecule has 0 aliphatic carbocycles. The Morgan fingerprint density at radius 2 is 1.69 bits per heavy atom. The first kappa shape index (κ1) is 23.0. The van der Waals surface area contributed by atoms with Gasteiger partial charge in [-0.3, -0.25) is 4.79 Å². The highest BCUT2D eigenvalue weighted by molar-refractivity contribution is 7.89. The summed E-state index contributed by atoms with van der Waals surface area (Å²) in [5.41, 5.74) is 1.12. The van der Waals surface area contributed by atoms with E-state index in [0.717, 1.165) is 0 Å². The lowest BCUT2D eigenvalue weighted by Crippen LogP contribution is -2.31. The van der Waals surface area contributed by atoms with E-state index in [2.05, 4.69) is 5.32 Å². The van der Waals surface area contributed by atoms with E-state index >= 15 is 0 Å². The average molecular weight is 441 g/mol. The Hall–Kier alpha value is -2.29. The van der Waals surface area contributed by atoms with Gasteiger partial charge in [-0.25, -0.2) is 8.42 Å². The number of hydrogen-bond acceptors (Lipinski definition) is 5. The van der Waals surface area contributed by atoms with Crippen LogP contribution in [0.25, 0.3) is 0 Å². The predicted molar refractivity (Wildman–Crippen MR) is 114 cm³/mol. The van der Waals surface area contributed by atoms with Crippen molar-refractivity contribution in [2.45, 2.75) is 25.7 Å². The first-order valence-corrected chi connectivity index (χ1v) is 10.8. The number of anilines is 1. The molecular formula is C20H25ClN2O5S. The fourth-order valence-electron chi connectivity index (χ4n) is 2.87. The van der Waals surface area contributed by atoms with E-state index in [1.807, 2.05) is 0 Å². The lowest BCUT2D eigenvalue weighted by molar-refractivity contribution is 0.102. The molecule has 0 bridgehead atoms. The third-order valence-corrected chi connectivity index (χ3v) is 6.98. The molecule has 0 fully saturated rings. The number of hydrogen-bond donors (Lipinski definition) is 1. The average Bonchev–Trinajstić information content (AvgIpc) is 2.69. The summed E-state index contributed by atoms with van der Waals surface area (Å²) in [4.78, 5) is 12.9. The number of nitrogens with zero attached hydrogens (tertiary/aromatic N) is 1. The molecule has 0 atom stereocenters. The lowest BCUT2D eigenvalue weighted by Gasteiger charge is -2.20. The monoisotopic (exact) mass is 440 g/mol. The van der Waals surface area contributed by atoms with Gasteiger partial charge in [-0.1, -0.05) is 31.5 Å². The van der Waals surface area contributed by atoms with Crippen LogP contribution >= 0.6 is 11.6 Å². The van der Waals surface area contributed by atoms with Crippen molar-refractivity contribution in [3.63, 3.8) is 0 Å². The topological polar surface area (TPSA) is 84.9 Å². The van der Waals surface area contributed by atoms with Gasteiger partial charge in [0, 0.05) is 24.7 Å². The highest BCUT2D eigenvalue weighted by Gasteiger charge is 2.25. The Bertz CT molecular complexity index is 1000. The molecule has 0 aliphatic heterocycles. The van der Waals surface area contributed by atoms with E-state index in [0.29, 0.717) is 40.9 Å². The summed E-state index contributed by atoms with van der Waals surface area (Å²) in [6, 6.07) is 7.64. The minimum atomic E-state index is -3.70. The molecule has 158 valence electrons. The Kier molecular flexibility index (Phi) is 7.51. The highest BCUT2D eigenvalue weighted by Crippen LogP contribution is 2.36. The number of methoxy groups -OCH3 is 2. The minimum absolute atomic E-state index is 0.105. The van der Waals surface area contributed by atoms with Crippen LogP contribution in [-0.2, 0) is 10.0 Å². The number of carbonyl (C=O) groups excluding carboxylic acids is 1. The third-order valence-electron chi connectivity index (χ3n) is 4.50. The number of benzene rings is 2. The van der Waals surface area contributed by atoms with Crippen molar-refractivity contribution in [3.05, 3.63) is 46.5 Å². The molecule has 1 amide bonds. The number of aryl methyl sites for hydroxylation is 1. The molecule has 9 heteroatoms. The number of nitrogens with one attached hydrogen (secondary N) is 1. The van der Waals surface area contributed by atoms with Crippen molar-refractivity contribution in [3.8, 4) is 11.5 Å². The van der Waals surface area contributed by atoms with Crippen molar-refractivity contribution < 1.29 is 22.7 Å². The summed E-state index contributed by atoms with van der Waals surface area (Å²) >= 11 is 6.14. The molecule has 0 radical (unpaired) electrons. The minimum Gasteiger partial charge on any atom is -0.495 e. The largest absolute Gasteiger partial charge is 0.495 e. The summed E-state index contributed by atoms with van der Waals surface area (Å²) in [7, 11) is -0.766. The molecule has 0 aliphatic rings. The van der Waals surface area contributed by atoms with Crippen LogP contribution in [0.15, 0.2) is 35.2 Å². The molecule has 1 N–H and O–H groups in total. The van der Waals surface area contributed by atoms with E-state index in [-0.39, 0.29) is 10.5 Å². The van der Waals surface area contributed by atoms with Crippen LogP contribution in [-0.4, -0.2) is 45.9 Å². The first-order chi connectivity index (χ1) is 13.7. The van der Waals surface area contributed by atoms with Crippen molar-refractivity contribution >= 4 is 33.2 Å². The van der Waals surface area contributed by atoms with Crippen LogP contribution in [0.2, 0.25) is 5.02 Å². The molecule has 0 heterocycles. The molecule has 2 aromatic rings. The summed E-state index contributed by atoms with van der Waals surface area (Å²) < 4.78 is 37.6. The molecule has 2 rings (SSSR count). The van der Waals surface area contributed by atoms with Crippen molar-refractivity contribution in [1.29, 1.82) is 0 Å². The Labute approximate surface area is 176 Å². The van der Waals surface area contributed by atoms with E-state index in [4.69, 9.17) is 21.1 Å². The third kappa shape index (κ3) is 4.83. The van der Waals surface area contributed by atoms with Gasteiger partial charge in [0.15, 0.2) is 0 Å². The van der Waals surface area contributed by atoms with Crippen LogP contribution < -0.4 is 14.8 Å². The number of ether oxygens (including phenoxy) is 2. The Balaban J connectivity index is 2.42. The summed E-state index contributed by atoms with van der Waals surface area (Å²) in [6.07, 6.45) is 0. The Morgan fingerprint density at radius 3 is 2.24 bits per heavy atom. The van der Waals surface area contributed by atoms with E-state index in [1.54, 1.807) is 39.0 Å². The molecule has 7 nitrogen and oxygen atoms in total. The van der Waals surface area contributed by atoms with Gasteiger partial charge < -0.3 is 14.8 Å². The molecule has 29 heavy (non-hydrogen) atoms. The van der Waals surface area contributed by atoms with Gasteiger partial charge in [0.25, 0.3) is 5.91 Å². The van der Waals surface area contributed by atoms with Gasteiger partial charge in [0.1, 0.15) is 11.5 Å². The Morgan fingerprint density at radius 1 is 1.07 bits per heavy atom. The normalized spacial score (nSPS) is 11.4. The molecule has 0 saturated carbocycles. The molecule has 0 spiro atoms. The number of sulfonamides is 1. The predicted octanol–water partition coefficient (Wildman–Crippen LogP) is 3.95. The molecule has 0 aromatic heterocycles. The van der Waals surface area contributed by atoms with E-state index in [9.17, 15) is 13.2 Å². The maximum atomic E-state index is 12.9. The van der Waals surface area contributed by atoms with Gasteiger partial charge in [-0.05, 0) is 30.7 Å². The van der Waals surface area contributed by atoms with Gasteiger partial charge in [0.2, 0.25) is 10.0 Å². The van der Waals surface area contributed by atoms with Gasteiger partial charge in [0.05, 0.1) is 29.8 Å². The molecule has 2 aromatic carbocycles. The first-order valence-electron chi connectivity index (χ1n) is 9.03. The molecule has 0 unspecified atom stereocenters. The number of rotatable bonds is 8. The van der Waals surface area contributed by atoms with Gasteiger partial charge >= 0.3 is 0 Å². The second kappa shape index (κ2) is 9.47. The zero-order chi connectivity index (χ0) is 21.8. The zero-order valence-corrected chi connectivity index (χ0v) is 18.6. The van der Waals surface area contributed by atoms with Crippen molar-refractivity contribution in [2.75, 3.05) is 32.6 Å². The van der Waals surface area contributed by atoms with Crippen LogP contribution in [0.4, 0.5) is 5.69 Å². The zero-order valence-electron chi connectivity index (χ0n) is 17.1. The summed E-state index contributed by atoms with van der Waals surface area (Å²) in [6.45, 7) is 5.93.